The van der Waals surface area contributed by atoms with Gasteiger partial charge in [0.1, 0.15) is 0 Å². The predicted octanol–water partition coefficient (Wildman–Crippen LogP) is 3.01. The molecular formula is C15H17NO3S. The zero-order valence-electron chi connectivity index (χ0n) is 11.2. The van der Waals surface area contributed by atoms with E-state index in [1.807, 2.05) is 42.7 Å². The Bertz CT molecular complexity index is 524. The summed E-state index contributed by atoms with van der Waals surface area (Å²) in [5.41, 5.74) is 0.700. The molecule has 1 aromatic rings. The molecule has 0 spiro atoms. The summed E-state index contributed by atoms with van der Waals surface area (Å²) >= 11 is 1.63. The normalized spacial score (nSPS) is 21.4. The van der Waals surface area contributed by atoms with E-state index in [9.17, 15) is 14.7 Å². The van der Waals surface area contributed by atoms with Gasteiger partial charge in [-0.3, -0.25) is 9.59 Å². The average molecular weight is 291 g/mol. The molecule has 0 unspecified atom stereocenters. The van der Waals surface area contributed by atoms with Crippen LogP contribution in [0.15, 0.2) is 41.3 Å². The lowest BCUT2D eigenvalue weighted by molar-refractivity contribution is -0.146. The Morgan fingerprint density at radius 1 is 1.15 bits per heavy atom. The van der Waals surface area contributed by atoms with Crippen LogP contribution in [0.25, 0.3) is 0 Å². The summed E-state index contributed by atoms with van der Waals surface area (Å²) in [5, 5.41) is 12.0. The van der Waals surface area contributed by atoms with E-state index in [-0.39, 0.29) is 5.91 Å². The lowest BCUT2D eigenvalue weighted by Gasteiger charge is -2.24. The highest BCUT2D eigenvalue weighted by atomic mass is 32.2. The van der Waals surface area contributed by atoms with Crippen molar-refractivity contribution in [1.29, 1.82) is 0 Å². The molecule has 0 aromatic heterocycles. The highest BCUT2D eigenvalue weighted by Gasteiger charge is 2.33. The summed E-state index contributed by atoms with van der Waals surface area (Å²) in [6.45, 7) is 0. The van der Waals surface area contributed by atoms with Crippen molar-refractivity contribution < 1.29 is 14.7 Å². The van der Waals surface area contributed by atoms with Gasteiger partial charge in [0.15, 0.2) is 0 Å². The van der Waals surface area contributed by atoms with Gasteiger partial charge in [0.05, 0.1) is 11.8 Å². The van der Waals surface area contributed by atoms with Crippen molar-refractivity contribution in [2.45, 2.75) is 17.7 Å². The molecule has 2 rings (SSSR count). The number of carbonyl (C=O) groups excluding carboxylic acids is 1. The highest BCUT2D eigenvalue weighted by molar-refractivity contribution is 7.98. The standard InChI is InChI=1S/C15H17NO3S/c1-20-11-8-6-10(7-9-11)16-14(17)12-4-2-3-5-13(12)15(18)19/h2-3,6-9,12-13H,4-5H2,1H3,(H,16,17)(H,18,19)/t12-,13+/m1/s1. The SMILES string of the molecule is CSc1ccc(NC(=O)[C@@H]2CC=CC[C@@H]2C(=O)O)cc1. The molecule has 0 saturated carbocycles. The summed E-state index contributed by atoms with van der Waals surface area (Å²) in [6, 6.07) is 7.52. The second-order valence-electron chi connectivity index (χ2n) is 4.71. The number of thioether (sulfide) groups is 1. The van der Waals surface area contributed by atoms with Gasteiger partial charge in [-0.25, -0.2) is 0 Å². The number of hydrogen-bond acceptors (Lipinski definition) is 3. The van der Waals surface area contributed by atoms with Crippen molar-refractivity contribution in [3.63, 3.8) is 0 Å². The second kappa shape index (κ2) is 6.61. The molecule has 0 bridgehead atoms. The van der Waals surface area contributed by atoms with Crippen LogP contribution in [0.2, 0.25) is 0 Å². The number of carbonyl (C=O) groups is 2. The fourth-order valence-corrected chi connectivity index (χ4v) is 2.69. The molecule has 20 heavy (non-hydrogen) atoms. The van der Waals surface area contributed by atoms with Gasteiger partial charge in [-0.15, -0.1) is 11.8 Å². The van der Waals surface area contributed by atoms with E-state index in [4.69, 9.17) is 0 Å². The Morgan fingerprint density at radius 3 is 2.30 bits per heavy atom. The quantitative estimate of drug-likeness (QED) is 0.661. The van der Waals surface area contributed by atoms with E-state index in [1.165, 1.54) is 0 Å². The van der Waals surface area contributed by atoms with E-state index in [1.54, 1.807) is 11.8 Å². The summed E-state index contributed by atoms with van der Waals surface area (Å²) < 4.78 is 0. The van der Waals surface area contributed by atoms with Crippen LogP contribution in [0, 0.1) is 11.8 Å². The first-order valence-electron chi connectivity index (χ1n) is 6.44. The van der Waals surface area contributed by atoms with Crippen molar-refractivity contribution in [3.05, 3.63) is 36.4 Å². The molecule has 0 radical (unpaired) electrons. The van der Waals surface area contributed by atoms with Crippen LogP contribution in [0.3, 0.4) is 0 Å². The fourth-order valence-electron chi connectivity index (χ4n) is 2.29. The molecular weight excluding hydrogens is 274 g/mol. The Hall–Kier alpha value is -1.75. The lowest BCUT2D eigenvalue weighted by atomic mass is 9.82. The Kier molecular flexibility index (Phi) is 4.84. The molecule has 0 fully saturated rings. The largest absolute Gasteiger partial charge is 0.481 e. The van der Waals surface area contributed by atoms with Gasteiger partial charge in [-0.1, -0.05) is 12.2 Å². The van der Waals surface area contributed by atoms with E-state index >= 15 is 0 Å². The number of allylic oxidation sites excluding steroid dienone is 2. The third kappa shape index (κ3) is 3.42. The van der Waals surface area contributed by atoms with E-state index in [0.717, 1.165) is 4.90 Å². The molecule has 1 aliphatic rings. The molecule has 0 aliphatic heterocycles. The number of carboxylic acids is 1. The predicted molar refractivity (Wildman–Crippen MR) is 79.8 cm³/mol. The number of benzene rings is 1. The van der Waals surface area contributed by atoms with Crippen LogP contribution < -0.4 is 5.32 Å². The molecule has 4 nitrogen and oxygen atoms in total. The van der Waals surface area contributed by atoms with E-state index in [0.29, 0.717) is 18.5 Å². The minimum atomic E-state index is -0.910. The lowest BCUT2D eigenvalue weighted by Crippen LogP contribution is -2.34. The number of hydrogen-bond donors (Lipinski definition) is 2. The van der Waals surface area contributed by atoms with Crippen molar-refractivity contribution in [2.75, 3.05) is 11.6 Å². The van der Waals surface area contributed by atoms with Gasteiger partial charge in [0.25, 0.3) is 0 Å². The van der Waals surface area contributed by atoms with Gasteiger partial charge in [-0.2, -0.15) is 0 Å². The second-order valence-corrected chi connectivity index (χ2v) is 5.59. The molecule has 1 aliphatic carbocycles. The topological polar surface area (TPSA) is 66.4 Å². The number of aliphatic carboxylic acids is 1. The summed E-state index contributed by atoms with van der Waals surface area (Å²) in [5.74, 6) is -2.27. The Balaban J connectivity index is 2.06. The summed E-state index contributed by atoms with van der Waals surface area (Å²) in [7, 11) is 0. The van der Waals surface area contributed by atoms with Crippen LogP contribution in [0.4, 0.5) is 5.69 Å². The van der Waals surface area contributed by atoms with Crippen molar-refractivity contribution in [1.82, 2.24) is 0 Å². The monoisotopic (exact) mass is 291 g/mol. The smallest absolute Gasteiger partial charge is 0.307 e. The first-order valence-corrected chi connectivity index (χ1v) is 7.67. The van der Waals surface area contributed by atoms with Crippen LogP contribution in [-0.2, 0) is 9.59 Å². The van der Waals surface area contributed by atoms with Crippen molar-refractivity contribution in [2.24, 2.45) is 11.8 Å². The Morgan fingerprint density at radius 2 is 1.75 bits per heavy atom. The van der Waals surface area contributed by atoms with Gasteiger partial charge < -0.3 is 10.4 Å². The minimum absolute atomic E-state index is 0.223. The molecule has 2 atom stereocenters. The van der Waals surface area contributed by atoms with Crippen LogP contribution >= 0.6 is 11.8 Å². The summed E-state index contributed by atoms with van der Waals surface area (Å²) in [4.78, 5) is 24.5. The van der Waals surface area contributed by atoms with Crippen LogP contribution in [-0.4, -0.2) is 23.2 Å². The first-order chi connectivity index (χ1) is 9.61. The molecule has 0 saturated heterocycles. The van der Waals surface area contributed by atoms with Crippen molar-refractivity contribution >= 4 is 29.3 Å². The van der Waals surface area contributed by atoms with Gasteiger partial charge in [-0.05, 0) is 43.4 Å². The zero-order valence-corrected chi connectivity index (χ0v) is 12.0. The Labute approximate surface area is 122 Å². The van der Waals surface area contributed by atoms with Gasteiger partial charge >= 0.3 is 5.97 Å². The molecule has 0 heterocycles. The third-order valence-corrected chi connectivity index (χ3v) is 4.19. The molecule has 106 valence electrons. The molecule has 1 aromatic carbocycles. The van der Waals surface area contributed by atoms with Crippen LogP contribution in [0.1, 0.15) is 12.8 Å². The maximum atomic E-state index is 12.2. The van der Waals surface area contributed by atoms with Crippen LogP contribution in [0.5, 0.6) is 0 Å². The first kappa shape index (κ1) is 14.7. The van der Waals surface area contributed by atoms with Gasteiger partial charge in [0.2, 0.25) is 5.91 Å². The minimum Gasteiger partial charge on any atom is -0.481 e. The van der Waals surface area contributed by atoms with E-state index < -0.39 is 17.8 Å². The number of nitrogens with one attached hydrogen (secondary N) is 1. The zero-order chi connectivity index (χ0) is 14.5. The highest BCUT2D eigenvalue weighted by Crippen LogP contribution is 2.27. The number of rotatable bonds is 4. The van der Waals surface area contributed by atoms with Crippen molar-refractivity contribution in [3.8, 4) is 0 Å². The number of anilines is 1. The van der Waals surface area contributed by atoms with E-state index in [2.05, 4.69) is 5.32 Å². The summed E-state index contributed by atoms with van der Waals surface area (Å²) in [6.07, 6.45) is 6.58. The molecule has 1 amide bonds. The number of carboxylic acid groups (broad SMARTS) is 1. The number of amides is 1. The maximum absolute atomic E-state index is 12.2. The fraction of sp³-hybridized carbons (Fsp3) is 0.333. The molecule has 2 N–H and O–H groups in total. The molecule has 5 heteroatoms. The van der Waals surface area contributed by atoms with Gasteiger partial charge in [0, 0.05) is 10.6 Å². The maximum Gasteiger partial charge on any atom is 0.307 e. The third-order valence-electron chi connectivity index (χ3n) is 3.44. The average Bonchev–Trinajstić information content (AvgIpc) is 2.48.